The van der Waals surface area contributed by atoms with E-state index >= 15 is 0 Å². The SMILES string of the molecule is Cc1oc(CNC(=O)Nc2ccccc2Cl)nc1C(=O)N1CCC(C)CC1. The molecule has 0 atom stereocenters. The molecule has 27 heavy (non-hydrogen) atoms. The number of hydrogen-bond acceptors (Lipinski definition) is 4. The third-order valence-corrected chi connectivity index (χ3v) is 4.97. The summed E-state index contributed by atoms with van der Waals surface area (Å²) in [6.45, 7) is 5.45. The number of amides is 3. The summed E-state index contributed by atoms with van der Waals surface area (Å²) in [4.78, 5) is 30.7. The Labute approximate surface area is 163 Å². The summed E-state index contributed by atoms with van der Waals surface area (Å²) in [6.07, 6.45) is 2.00. The van der Waals surface area contributed by atoms with Crippen LogP contribution in [0.1, 0.15) is 41.9 Å². The fourth-order valence-corrected chi connectivity index (χ4v) is 3.15. The van der Waals surface area contributed by atoms with Crippen molar-refractivity contribution in [2.75, 3.05) is 18.4 Å². The van der Waals surface area contributed by atoms with E-state index in [-0.39, 0.29) is 18.3 Å². The first-order valence-corrected chi connectivity index (χ1v) is 9.37. The van der Waals surface area contributed by atoms with Gasteiger partial charge < -0.3 is 20.0 Å². The van der Waals surface area contributed by atoms with E-state index in [9.17, 15) is 9.59 Å². The van der Waals surface area contributed by atoms with E-state index in [1.807, 2.05) is 4.90 Å². The molecule has 0 saturated carbocycles. The summed E-state index contributed by atoms with van der Waals surface area (Å²) in [5.41, 5.74) is 0.823. The number of likely N-dealkylation sites (tertiary alicyclic amines) is 1. The fourth-order valence-electron chi connectivity index (χ4n) is 2.97. The molecule has 1 fully saturated rings. The number of aromatic nitrogens is 1. The minimum Gasteiger partial charge on any atom is -0.443 e. The standard InChI is InChI=1S/C19H23ClN4O3/c1-12-7-9-24(10-8-12)18(25)17-13(2)27-16(23-17)11-21-19(26)22-15-6-4-3-5-14(15)20/h3-6,12H,7-11H2,1-2H3,(H2,21,22,26). The van der Waals surface area contributed by atoms with Crippen LogP contribution in [0.4, 0.5) is 10.5 Å². The smallest absolute Gasteiger partial charge is 0.319 e. The molecular weight excluding hydrogens is 368 g/mol. The van der Waals surface area contributed by atoms with Crippen LogP contribution >= 0.6 is 11.6 Å². The van der Waals surface area contributed by atoms with Crippen molar-refractivity contribution >= 4 is 29.2 Å². The number of oxazole rings is 1. The van der Waals surface area contributed by atoms with E-state index in [4.69, 9.17) is 16.0 Å². The molecule has 0 spiro atoms. The van der Waals surface area contributed by atoms with E-state index < -0.39 is 6.03 Å². The highest BCUT2D eigenvalue weighted by Gasteiger charge is 2.26. The molecule has 7 nitrogen and oxygen atoms in total. The van der Waals surface area contributed by atoms with Crippen LogP contribution in [-0.4, -0.2) is 34.9 Å². The number of carbonyl (C=O) groups is 2. The van der Waals surface area contributed by atoms with E-state index in [0.29, 0.717) is 28.1 Å². The third-order valence-electron chi connectivity index (χ3n) is 4.64. The molecule has 8 heteroatoms. The number of nitrogens with one attached hydrogen (secondary N) is 2. The molecule has 1 aromatic carbocycles. The Bertz CT molecular complexity index is 828. The van der Waals surface area contributed by atoms with E-state index in [1.165, 1.54) is 0 Å². The van der Waals surface area contributed by atoms with Gasteiger partial charge in [-0.3, -0.25) is 4.79 Å². The van der Waals surface area contributed by atoms with Crippen molar-refractivity contribution in [1.82, 2.24) is 15.2 Å². The lowest BCUT2D eigenvalue weighted by molar-refractivity contribution is 0.0690. The molecular formula is C19H23ClN4O3. The van der Waals surface area contributed by atoms with E-state index in [2.05, 4.69) is 22.5 Å². The molecule has 0 unspecified atom stereocenters. The molecule has 2 N–H and O–H groups in total. The van der Waals surface area contributed by atoms with Gasteiger partial charge in [-0.25, -0.2) is 9.78 Å². The van der Waals surface area contributed by atoms with E-state index in [1.54, 1.807) is 31.2 Å². The Morgan fingerprint density at radius 3 is 2.70 bits per heavy atom. The van der Waals surface area contributed by atoms with Crippen LogP contribution in [0.5, 0.6) is 0 Å². The minimum atomic E-state index is -0.433. The molecule has 1 aromatic heterocycles. The number of carbonyl (C=O) groups excluding carboxylic acids is 2. The second-order valence-electron chi connectivity index (χ2n) is 6.77. The maximum atomic E-state index is 12.6. The molecule has 1 saturated heterocycles. The second kappa shape index (κ2) is 8.43. The van der Waals surface area contributed by atoms with Crippen LogP contribution < -0.4 is 10.6 Å². The van der Waals surface area contributed by atoms with Crippen LogP contribution in [0.25, 0.3) is 0 Å². The largest absolute Gasteiger partial charge is 0.443 e. The Balaban J connectivity index is 1.57. The summed E-state index contributed by atoms with van der Waals surface area (Å²) in [5, 5.41) is 5.75. The topological polar surface area (TPSA) is 87.5 Å². The molecule has 0 bridgehead atoms. The van der Waals surface area contributed by atoms with Crippen LogP contribution in [0.15, 0.2) is 28.7 Å². The van der Waals surface area contributed by atoms with Gasteiger partial charge in [-0.1, -0.05) is 30.7 Å². The van der Waals surface area contributed by atoms with Crippen LogP contribution in [0.2, 0.25) is 5.02 Å². The number of rotatable bonds is 4. The van der Waals surface area contributed by atoms with Crippen LogP contribution in [-0.2, 0) is 6.54 Å². The number of aryl methyl sites for hydroxylation is 1. The van der Waals surface area contributed by atoms with Crippen LogP contribution in [0, 0.1) is 12.8 Å². The summed E-state index contributed by atoms with van der Waals surface area (Å²) in [7, 11) is 0. The van der Waals surface area contributed by atoms with Crippen LogP contribution in [0.3, 0.4) is 0 Å². The lowest BCUT2D eigenvalue weighted by atomic mass is 9.99. The normalized spacial score (nSPS) is 14.9. The van der Waals surface area contributed by atoms with Crippen molar-refractivity contribution in [3.63, 3.8) is 0 Å². The number of piperidine rings is 1. The summed E-state index contributed by atoms with van der Waals surface area (Å²) in [6, 6.07) is 6.51. The molecule has 1 aliphatic rings. The zero-order valence-electron chi connectivity index (χ0n) is 15.4. The van der Waals surface area contributed by atoms with Gasteiger partial charge in [0.05, 0.1) is 17.3 Å². The van der Waals surface area contributed by atoms with Gasteiger partial charge in [0.2, 0.25) is 5.89 Å². The first kappa shape index (κ1) is 19.2. The monoisotopic (exact) mass is 390 g/mol. The minimum absolute atomic E-state index is 0.0709. The molecule has 2 aromatic rings. The zero-order valence-corrected chi connectivity index (χ0v) is 16.2. The molecule has 1 aliphatic heterocycles. The maximum Gasteiger partial charge on any atom is 0.319 e. The highest BCUT2D eigenvalue weighted by atomic mass is 35.5. The second-order valence-corrected chi connectivity index (χ2v) is 7.18. The first-order chi connectivity index (χ1) is 12.9. The van der Waals surface area contributed by atoms with Gasteiger partial charge in [0.15, 0.2) is 5.69 Å². The molecule has 144 valence electrons. The number of anilines is 1. The highest BCUT2D eigenvalue weighted by Crippen LogP contribution is 2.21. The van der Waals surface area contributed by atoms with Crippen molar-refractivity contribution in [3.05, 3.63) is 46.6 Å². The lowest BCUT2D eigenvalue weighted by Crippen LogP contribution is -2.38. The quantitative estimate of drug-likeness (QED) is 0.830. The number of halogens is 1. The average molecular weight is 391 g/mol. The number of hydrogen-bond donors (Lipinski definition) is 2. The van der Waals surface area contributed by atoms with Gasteiger partial charge in [0.25, 0.3) is 5.91 Å². The molecule has 2 heterocycles. The lowest BCUT2D eigenvalue weighted by Gasteiger charge is -2.29. The number of nitrogens with zero attached hydrogens (tertiary/aromatic N) is 2. The van der Waals surface area contributed by atoms with Gasteiger partial charge in [-0.2, -0.15) is 0 Å². The third kappa shape index (κ3) is 4.80. The highest BCUT2D eigenvalue weighted by molar-refractivity contribution is 6.33. The zero-order chi connectivity index (χ0) is 19.4. The fraction of sp³-hybridized carbons (Fsp3) is 0.421. The van der Waals surface area contributed by atoms with Crippen molar-refractivity contribution < 1.29 is 14.0 Å². The van der Waals surface area contributed by atoms with Gasteiger partial charge in [-0.05, 0) is 37.8 Å². The summed E-state index contributed by atoms with van der Waals surface area (Å²) < 4.78 is 5.54. The van der Waals surface area contributed by atoms with Crippen molar-refractivity contribution in [1.29, 1.82) is 0 Å². The predicted molar refractivity (Wildman–Crippen MR) is 103 cm³/mol. The number of benzene rings is 1. The molecule has 0 aliphatic carbocycles. The Hall–Kier alpha value is -2.54. The number of urea groups is 1. The van der Waals surface area contributed by atoms with Gasteiger partial charge in [-0.15, -0.1) is 0 Å². The van der Waals surface area contributed by atoms with Gasteiger partial charge >= 0.3 is 6.03 Å². The maximum absolute atomic E-state index is 12.6. The van der Waals surface area contributed by atoms with Crippen molar-refractivity contribution in [2.45, 2.75) is 33.2 Å². The van der Waals surface area contributed by atoms with Gasteiger partial charge in [0.1, 0.15) is 5.76 Å². The van der Waals surface area contributed by atoms with Crippen molar-refractivity contribution in [2.24, 2.45) is 5.92 Å². The van der Waals surface area contributed by atoms with Crippen molar-refractivity contribution in [3.8, 4) is 0 Å². The Morgan fingerprint density at radius 2 is 2.00 bits per heavy atom. The Kier molecular flexibility index (Phi) is 6.01. The van der Waals surface area contributed by atoms with Gasteiger partial charge in [0, 0.05) is 13.1 Å². The Morgan fingerprint density at radius 1 is 1.30 bits per heavy atom. The number of para-hydroxylation sites is 1. The average Bonchev–Trinajstić information content (AvgIpc) is 3.03. The molecule has 0 radical (unpaired) electrons. The predicted octanol–water partition coefficient (Wildman–Crippen LogP) is 3.83. The molecule has 3 amide bonds. The van der Waals surface area contributed by atoms with E-state index in [0.717, 1.165) is 25.9 Å². The summed E-state index contributed by atoms with van der Waals surface area (Å²) >= 11 is 6.01. The first-order valence-electron chi connectivity index (χ1n) is 8.99. The summed E-state index contributed by atoms with van der Waals surface area (Å²) in [5.74, 6) is 1.27. The molecule has 3 rings (SSSR count).